The molecule has 0 spiro atoms. The van der Waals surface area contributed by atoms with Gasteiger partial charge in [0.1, 0.15) is 0 Å². The summed E-state index contributed by atoms with van der Waals surface area (Å²) in [7, 11) is 0. The van der Waals surface area contributed by atoms with E-state index in [1.54, 1.807) is 11.9 Å². The zero-order chi connectivity index (χ0) is 15.3. The molecule has 0 amide bonds. The molecular weight excluding hydrogens is 339 g/mol. The van der Waals surface area contributed by atoms with Gasteiger partial charge in [-0.25, -0.2) is 0 Å². The normalized spacial score (nSPS) is 17.3. The Morgan fingerprint density at radius 2 is 2.27 bits per heavy atom. The third-order valence-corrected chi connectivity index (χ3v) is 5.49. The van der Waals surface area contributed by atoms with Crippen LogP contribution in [0.2, 0.25) is 10.0 Å². The number of aromatic nitrogens is 3. The summed E-state index contributed by atoms with van der Waals surface area (Å²) >= 11 is 14.4. The molecule has 1 unspecified atom stereocenters. The van der Waals surface area contributed by atoms with Crippen LogP contribution in [0.25, 0.3) is 22.0 Å². The molecule has 0 saturated carbocycles. The van der Waals surface area contributed by atoms with Crippen LogP contribution >= 0.6 is 35.1 Å². The van der Waals surface area contributed by atoms with Crippen LogP contribution in [0.3, 0.4) is 0 Å². The number of halogens is 2. The van der Waals surface area contributed by atoms with Gasteiger partial charge in [-0.2, -0.15) is 5.10 Å². The summed E-state index contributed by atoms with van der Waals surface area (Å²) in [5, 5.41) is 9.35. The van der Waals surface area contributed by atoms with Gasteiger partial charge < -0.3 is 4.57 Å². The highest BCUT2D eigenvalue weighted by Crippen LogP contribution is 2.46. The zero-order valence-corrected chi connectivity index (χ0v) is 14.2. The zero-order valence-electron chi connectivity index (χ0n) is 11.9. The monoisotopic (exact) mass is 352 g/mol. The molecule has 22 heavy (non-hydrogen) atoms. The lowest BCUT2D eigenvalue weighted by Gasteiger charge is -2.11. The molecule has 1 aromatic carbocycles. The van der Waals surface area contributed by atoms with Crippen LogP contribution in [0.5, 0.6) is 0 Å². The van der Waals surface area contributed by atoms with Crippen LogP contribution in [0.15, 0.2) is 24.5 Å². The Morgan fingerprint density at radius 3 is 3.00 bits per heavy atom. The highest BCUT2D eigenvalue weighted by atomic mass is 35.5. The molecule has 2 aromatic heterocycles. The first-order chi connectivity index (χ1) is 10.7. The van der Waals surface area contributed by atoms with Crippen molar-refractivity contribution in [3.05, 3.63) is 40.3 Å². The maximum atomic E-state index is 6.51. The van der Waals surface area contributed by atoms with Crippen molar-refractivity contribution in [3.63, 3.8) is 0 Å². The lowest BCUT2D eigenvalue weighted by atomic mass is 10.0. The van der Waals surface area contributed by atoms with Gasteiger partial charge >= 0.3 is 0 Å². The summed E-state index contributed by atoms with van der Waals surface area (Å²) in [6, 6.07) is 4.21. The highest BCUT2D eigenvalue weighted by Gasteiger charge is 2.31. The molecule has 0 bridgehead atoms. The number of aromatic amines is 1. The third kappa shape index (κ3) is 2.00. The first-order valence-corrected chi connectivity index (χ1v) is 8.98. The molecule has 0 fully saturated rings. The van der Waals surface area contributed by atoms with Gasteiger partial charge in [-0.15, -0.1) is 0 Å². The van der Waals surface area contributed by atoms with E-state index in [-0.39, 0.29) is 0 Å². The van der Waals surface area contributed by atoms with Gasteiger partial charge in [-0.1, -0.05) is 41.2 Å². The fraction of sp³-hybridized carbons (Fsp3) is 0.267. The molecule has 4 nitrogen and oxygen atoms in total. The number of nitrogens with one attached hydrogen (secondary N) is 2. The van der Waals surface area contributed by atoms with Gasteiger partial charge in [-0.3, -0.25) is 9.82 Å². The van der Waals surface area contributed by atoms with Crippen LogP contribution in [0.1, 0.15) is 18.2 Å². The van der Waals surface area contributed by atoms with E-state index in [9.17, 15) is 0 Å². The number of benzene rings is 1. The summed E-state index contributed by atoms with van der Waals surface area (Å²) < 4.78 is 5.78. The second-order valence-electron chi connectivity index (χ2n) is 5.32. The van der Waals surface area contributed by atoms with Crippen molar-refractivity contribution in [1.29, 1.82) is 0 Å². The van der Waals surface area contributed by atoms with Gasteiger partial charge in [0.25, 0.3) is 0 Å². The van der Waals surface area contributed by atoms with Crippen molar-refractivity contribution in [2.24, 2.45) is 0 Å². The summed E-state index contributed by atoms with van der Waals surface area (Å²) in [6.07, 6.45) is 6.87. The van der Waals surface area contributed by atoms with Crippen molar-refractivity contribution >= 4 is 46.1 Å². The molecule has 7 heteroatoms. The van der Waals surface area contributed by atoms with E-state index in [0.29, 0.717) is 16.1 Å². The quantitative estimate of drug-likeness (QED) is 0.674. The Hall–Kier alpha value is -1.14. The van der Waals surface area contributed by atoms with Gasteiger partial charge in [0.15, 0.2) is 0 Å². The van der Waals surface area contributed by atoms with E-state index in [1.807, 2.05) is 30.8 Å². The summed E-state index contributed by atoms with van der Waals surface area (Å²) in [6.45, 7) is 0.933. The van der Waals surface area contributed by atoms with Crippen LogP contribution in [0.4, 0.5) is 0 Å². The van der Waals surface area contributed by atoms with E-state index in [1.165, 1.54) is 11.3 Å². The number of rotatable bonds is 3. The maximum Gasteiger partial charge on any atom is 0.0835 e. The molecule has 0 saturated heterocycles. The Balaban J connectivity index is 2.08. The van der Waals surface area contributed by atoms with E-state index < -0.39 is 0 Å². The average molecular weight is 353 g/mol. The lowest BCUT2D eigenvalue weighted by Crippen LogP contribution is -2.11. The van der Waals surface area contributed by atoms with Crippen LogP contribution in [0, 0.1) is 0 Å². The predicted octanol–water partition coefficient (Wildman–Crippen LogP) is 4.65. The smallest absolute Gasteiger partial charge is 0.0835 e. The molecule has 114 valence electrons. The fourth-order valence-electron chi connectivity index (χ4n) is 3.34. The predicted molar refractivity (Wildman–Crippen MR) is 93.5 cm³/mol. The van der Waals surface area contributed by atoms with E-state index in [0.717, 1.165) is 29.4 Å². The van der Waals surface area contributed by atoms with Crippen molar-refractivity contribution in [3.8, 4) is 11.1 Å². The van der Waals surface area contributed by atoms with Gasteiger partial charge in [-0.05, 0) is 18.7 Å². The van der Waals surface area contributed by atoms with Crippen molar-refractivity contribution in [2.45, 2.75) is 19.0 Å². The van der Waals surface area contributed by atoms with Crippen LogP contribution in [-0.4, -0.2) is 21.0 Å². The van der Waals surface area contributed by atoms with E-state index in [4.69, 9.17) is 23.2 Å². The standard InChI is InChI=1S/C15H14Cl2N4S/c1-22-20-11-4-5-21-14-9(2-3-10(16)13(14)17)12(15(11)21)8-6-18-19-7-8/h2-3,6-7,11,20H,4-5H2,1H3,(H,18,19). The SMILES string of the molecule is CSNC1CCn2c1c(-c1cn[nH]c1)c1ccc(Cl)c(Cl)c12. The minimum atomic E-state index is 0.294. The van der Waals surface area contributed by atoms with Crippen molar-refractivity contribution in [2.75, 3.05) is 6.26 Å². The molecule has 0 aliphatic carbocycles. The number of H-pyrrole nitrogens is 1. The molecule has 1 atom stereocenters. The number of nitrogens with zero attached hydrogens (tertiary/aromatic N) is 2. The summed E-state index contributed by atoms with van der Waals surface area (Å²) in [4.78, 5) is 0. The number of hydrogen-bond donors (Lipinski definition) is 2. The number of hydrogen-bond acceptors (Lipinski definition) is 3. The van der Waals surface area contributed by atoms with Crippen molar-refractivity contribution < 1.29 is 0 Å². The molecular formula is C15H14Cl2N4S. The second kappa shape index (κ2) is 5.49. The average Bonchev–Trinajstić information content (AvgIpc) is 3.20. The van der Waals surface area contributed by atoms with Crippen molar-refractivity contribution in [1.82, 2.24) is 19.5 Å². The largest absolute Gasteiger partial charge is 0.341 e. The van der Waals surface area contributed by atoms with Gasteiger partial charge in [0.05, 0.1) is 27.8 Å². The Morgan fingerprint density at radius 1 is 1.41 bits per heavy atom. The summed E-state index contributed by atoms with van der Waals surface area (Å²) in [5.41, 5.74) is 4.54. The molecule has 3 aromatic rings. The molecule has 4 rings (SSSR count). The first kappa shape index (κ1) is 14.5. The number of aryl methyl sites for hydroxylation is 1. The third-order valence-electron chi connectivity index (χ3n) is 4.17. The molecule has 1 aliphatic heterocycles. The fourth-order valence-corrected chi connectivity index (χ4v) is 4.27. The van der Waals surface area contributed by atoms with Gasteiger partial charge in [0.2, 0.25) is 0 Å². The van der Waals surface area contributed by atoms with Crippen LogP contribution in [-0.2, 0) is 6.54 Å². The van der Waals surface area contributed by atoms with Crippen LogP contribution < -0.4 is 4.72 Å². The first-order valence-electron chi connectivity index (χ1n) is 7.00. The Labute approximate surface area is 142 Å². The summed E-state index contributed by atoms with van der Waals surface area (Å²) in [5.74, 6) is 0. The molecule has 0 radical (unpaired) electrons. The van der Waals surface area contributed by atoms with E-state index >= 15 is 0 Å². The Kier molecular flexibility index (Phi) is 3.61. The highest BCUT2D eigenvalue weighted by molar-refractivity contribution is 7.96. The molecule has 1 aliphatic rings. The van der Waals surface area contributed by atoms with E-state index in [2.05, 4.69) is 19.5 Å². The Bertz CT molecular complexity index is 841. The lowest BCUT2D eigenvalue weighted by molar-refractivity contribution is 0.657. The minimum absolute atomic E-state index is 0.294. The molecule has 2 N–H and O–H groups in total. The maximum absolute atomic E-state index is 6.51. The number of fused-ring (bicyclic) bond motifs is 3. The topological polar surface area (TPSA) is 45.6 Å². The molecule has 3 heterocycles. The van der Waals surface area contributed by atoms with Gasteiger partial charge in [0, 0.05) is 34.9 Å². The second-order valence-corrected chi connectivity index (χ2v) is 6.75. The minimum Gasteiger partial charge on any atom is -0.341 e.